The van der Waals surface area contributed by atoms with Crippen molar-refractivity contribution in [3.8, 4) is 0 Å². The standard InChI is InChI=1S/C12H13F2IO2/c1-3-17-10(16)11(2,12(13,14)15)9-7-5-4-6-8-9/h4-8H,3H2,1-2H3. The Morgan fingerprint density at radius 1 is 1.35 bits per heavy atom. The number of carbonyl (C=O) groups excluding carboxylic acids is 1. The van der Waals surface area contributed by atoms with Gasteiger partial charge in [-0.1, -0.05) is 30.3 Å². The Hall–Kier alpha value is -0.720. The number of benzene rings is 1. The summed E-state index contributed by atoms with van der Waals surface area (Å²) in [5.74, 6) is -0.911. The summed E-state index contributed by atoms with van der Waals surface area (Å²) in [6.07, 6.45) is 0. The van der Waals surface area contributed by atoms with E-state index in [1.807, 2.05) is 0 Å². The predicted octanol–water partition coefficient (Wildman–Crippen LogP) is 3.54. The highest BCUT2D eigenvalue weighted by molar-refractivity contribution is 14.1. The third-order valence-corrected chi connectivity index (χ3v) is 3.68. The van der Waals surface area contributed by atoms with Crippen LogP contribution in [0.1, 0.15) is 19.4 Å². The number of hydrogen-bond donors (Lipinski definition) is 0. The number of rotatable bonds is 4. The average Bonchev–Trinajstić information content (AvgIpc) is 2.28. The largest absolute Gasteiger partial charge is 0.465 e. The fraction of sp³-hybridized carbons (Fsp3) is 0.417. The molecule has 0 N–H and O–H groups in total. The lowest BCUT2D eigenvalue weighted by atomic mass is 9.83. The van der Waals surface area contributed by atoms with Crippen LogP contribution in [0.15, 0.2) is 30.3 Å². The molecule has 0 saturated heterocycles. The molecule has 0 aliphatic carbocycles. The molecule has 0 fully saturated rings. The van der Waals surface area contributed by atoms with Crippen LogP contribution in [0, 0.1) is 0 Å². The fourth-order valence-electron chi connectivity index (χ4n) is 1.44. The summed E-state index contributed by atoms with van der Waals surface area (Å²) in [5, 5.41) is 0. The molecule has 0 radical (unpaired) electrons. The van der Waals surface area contributed by atoms with Gasteiger partial charge in [-0.2, -0.15) is 8.78 Å². The first-order valence-corrected chi connectivity index (χ1v) is 6.21. The van der Waals surface area contributed by atoms with Crippen LogP contribution < -0.4 is 0 Å². The Labute approximate surface area is 112 Å². The van der Waals surface area contributed by atoms with Gasteiger partial charge < -0.3 is 4.74 Å². The van der Waals surface area contributed by atoms with Gasteiger partial charge in [-0.25, -0.2) is 0 Å². The molecule has 0 amide bonds. The highest BCUT2D eigenvalue weighted by Crippen LogP contribution is 2.45. The Morgan fingerprint density at radius 2 is 1.88 bits per heavy atom. The van der Waals surface area contributed by atoms with Gasteiger partial charge >= 0.3 is 9.90 Å². The van der Waals surface area contributed by atoms with E-state index in [2.05, 4.69) is 0 Å². The molecule has 1 aromatic rings. The van der Waals surface area contributed by atoms with Gasteiger partial charge in [0.15, 0.2) is 5.41 Å². The first-order chi connectivity index (χ1) is 7.84. The molecule has 0 heterocycles. The normalized spacial score (nSPS) is 15.1. The highest BCUT2D eigenvalue weighted by atomic mass is 127. The predicted molar refractivity (Wildman–Crippen MR) is 69.4 cm³/mol. The lowest BCUT2D eigenvalue weighted by molar-refractivity contribution is -0.156. The van der Waals surface area contributed by atoms with Crippen LogP contribution in [-0.4, -0.2) is 16.5 Å². The van der Waals surface area contributed by atoms with E-state index >= 15 is 0 Å². The molecule has 0 bridgehead atoms. The van der Waals surface area contributed by atoms with Crippen molar-refractivity contribution in [2.75, 3.05) is 6.61 Å². The van der Waals surface area contributed by atoms with Crippen LogP contribution in [0.3, 0.4) is 0 Å². The SMILES string of the molecule is CCOC(=O)C(C)(c1ccccc1)C(F)(F)I. The molecule has 0 aliphatic heterocycles. The second-order valence-corrected chi connectivity index (χ2v) is 5.06. The van der Waals surface area contributed by atoms with Crippen LogP contribution >= 0.6 is 22.6 Å². The summed E-state index contributed by atoms with van der Waals surface area (Å²) in [7, 11) is 0. The molecular weight excluding hydrogens is 341 g/mol. The van der Waals surface area contributed by atoms with Crippen LogP contribution in [0.4, 0.5) is 8.78 Å². The summed E-state index contributed by atoms with van der Waals surface area (Å²) in [6, 6.07) is 7.96. The lowest BCUT2D eigenvalue weighted by Gasteiger charge is -2.31. The third kappa shape index (κ3) is 2.75. The molecular formula is C12H13F2IO2. The maximum absolute atomic E-state index is 13.7. The number of alkyl halides is 3. The quantitative estimate of drug-likeness (QED) is 0.470. The van der Waals surface area contributed by atoms with E-state index in [4.69, 9.17) is 4.74 Å². The number of esters is 1. The molecule has 0 saturated carbocycles. The Balaban J connectivity index is 3.26. The van der Waals surface area contributed by atoms with E-state index in [0.29, 0.717) is 0 Å². The van der Waals surface area contributed by atoms with Gasteiger partial charge in [0.05, 0.1) is 6.61 Å². The second kappa shape index (κ2) is 5.29. The van der Waals surface area contributed by atoms with Gasteiger partial charge in [-0.3, -0.25) is 4.79 Å². The summed E-state index contributed by atoms with van der Waals surface area (Å²) in [4.78, 5) is 11.8. The summed E-state index contributed by atoms with van der Waals surface area (Å²) in [5.41, 5.74) is -1.72. The first-order valence-electron chi connectivity index (χ1n) is 5.13. The fourth-order valence-corrected chi connectivity index (χ4v) is 1.98. The molecule has 0 aromatic heterocycles. The minimum Gasteiger partial charge on any atom is -0.465 e. The van der Waals surface area contributed by atoms with E-state index in [1.165, 1.54) is 19.1 Å². The monoisotopic (exact) mass is 354 g/mol. The van der Waals surface area contributed by atoms with Crippen molar-refractivity contribution in [2.24, 2.45) is 0 Å². The zero-order chi connectivity index (χ0) is 13.1. The van der Waals surface area contributed by atoms with E-state index in [-0.39, 0.29) is 12.2 Å². The van der Waals surface area contributed by atoms with E-state index in [9.17, 15) is 13.6 Å². The molecule has 5 heteroatoms. The first kappa shape index (κ1) is 14.3. The Kier molecular flexibility index (Phi) is 4.46. The topological polar surface area (TPSA) is 26.3 Å². The van der Waals surface area contributed by atoms with Gasteiger partial charge in [-0.15, -0.1) is 0 Å². The van der Waals surface area contributed by atoms with Crippen molar-refractivity contribution in [2.45, 2.75) is 23.2 Å². The van der Waals surface area contributed by atoms with Gasteiger partial charge in [0, 0.05) is 22.6 Å². The summed E-state index contributed by atoms with van der Waals surface area (Å²) >= 11 is 0.980. The van der Waals surface area contributed by atoms with Crippen molar-refractivity contribution in [3.63, 3.8) is 0 Å². The lowest BCUT2D eigenvalue weighted by Crippen LogP contribution is -2.46. The van der Waals surface area contributed by atoms with Crippen LogP contribution in [0.2, 0.25) is 0 Å². The number of halogens is 3. The number of ether oxygens (including phenoxy) is 1. The molecule has 1 aromatic carbocycles. The molecule has 1 atom stereocenters. The molecule has 1 unspecified atom stereocenters. The van der Waals surface area contributed by atoms with Crippen LogP contribution in [-0.2, 0) is 14.9 Å². The maximum Gasteiger partial charge on any atom is 0.323 e. The van der Waals surface area contributed by atoms with E-state index in [1.54, 1.807) is 25.1 Å². The molecule has 17 heavy (non-hydrogen) atoms. The maximum atomic E-state index is 13.7. The van der Waals surface area contributed by atoms with Crippen LogP contribution in [0.5, 0.6) is 0 Å². The Bertz CT molecular complexity index is 389. The van der Waals surface area contributed by atoms with Crippen molar-refractivity contribution in [1.82, 2.24) is 0 Å². The van der Waals surface area contributed by atoms with Crippen molar-refractivity contribution < 1.29 is 18.3 Å². The number of carbonyl (C=O) groups is 1. The van der Waals surface area contributed by atoms with E-state index < -0.39 is 15.3 Å². The van der Waals surface area contributed by atoms with E-state index in [0.717, 1.165) is 22.6 Å². The van der Waals surface area contributed by atoms with Crippen LogP contribution in [0.25, 0.3) is 0 Å². The summed E-state index contributed by atoms with van der Waals surface area (Å²) in [6.45, 7) is 2.87. The van der Waals surface area contributed by atoms with Gasteiger partial charge in [0.2, 0.25) is 0 Å². The van der Waals surface area contributed by atoms with Gasteiger partial charge in [0.25, 0.3) is 0 Å². The minimum absolute atomic E-state index is 0.0774. The third-order valence-electron chi connectivity index (χ3n) is 2.60. The van der Waals surface area contributed by atoms with Gasteiger partial charge in [-0.05, 0) is 19.4 Å². The molecule has 94 valence electrons. The zero-order valence-electron chi connectivity index (χ0n) is 9.54. The number of hydrogen-bond acceptors (Lipinski definition) is 2. The molecule has 0 spiro atoms. The van der Waals surface area contributed by atoms with Crippen molar-refractivity contribution in [3.05, 3.63) is 35.9 Å². The molecule has 2 nitrogen and oxygen atoms in total. The van der Waals surface area contributed by atoms with Gasteiger partial charge in [0.1, 0.15) is 0 Å². The minimum atomic E-state index is -3.22. The highest BCUT2D eigenvalue weighted by Gasteiger charge is 2.56. The van der Waals surface area contributed by atoms with Crippen molar-refractivity contribution >= 4 is 28.6 Å². The average molecular weight is 354 g/mol. The molecule has 1 rings (SSSR count). The molecule has 0 aliphatic rings. The second-order valence-electron chi connectivity index (χ2n) is 3.71. The smallest absolute Gasteiger partial charge is 0.323 e. The Morgan fingerprint density at radius 3 is 2.29 bits per heavy atom. The summed E-state index contributed by atoms with van der Waals surface area (Å²) < 4.78 is 29.0. The van der Waals surface area contributed by atoms with Crippen molar-refractivity contribution in [1.29, 1.82) is 0 Å². The zero-order valence-corrected chi connectivity index (χ0v) is 11.7.